The van der Waals surface area contributed by atoms with E-state index in [0.717, 1.165) is 24.5 Å². The van der Waals surface area contributed by atoms with Crippen LogP contribution in [0.1, 0.15) is 24.8 Å². The van der Waals surface area contributed by atoms with E-state index in [9.17, 15) is 0 Å². The third-order valence-electron chi connectivity index (χ3n) is 3.95. The Morgan fingerprint density at radius 3 is 2.82 bits per heavy atom. The van der Waals surface area contributed by atoms with Gasteiger partial charge in [0.1, 0.15) is 12.4 Å². The molecule has 3 rings (SSSR count). The second kappa shape index (κ2) is 4.57. The summed E-state index contributed by atoms with van der Waals surface area (Å²) in [6, 6.07) is 6.49. The van der Waals surface area contributed by atoms with E-state index in [0.29, 0.717) is 6.04 Å². The van der Waals surface area contributed by atoms with Crippen molar-refractivity contribution < 1.29 is 4.74 Å². The maximum atomic E-state index is 6.03. The highest BCUT2D eigenvalue weighted by molar-refractivity contribution is 5.55. The third-order valence-corrected chi connectivity index (χ3v) is 3.95. The molecule has 0 amide bonds. The van der Waals surface area contributed by atoms with Crippen LogP contribution in [0.4, 0.5) is 5.69 Å². The molecule has 2 aliphatic heterocycles. The van der Waals surface area contributed by atoms with Gasteiger partial charge >= 0.3 is 0 Å². The second-order valence-electron chi connectivity index (χ2n) is 5.09. The minimum atomic E-state index is 0.521. The standard InChI is InChI=1S/C14H20N2O/c15-13-5-4-6-14-12(13)9-11(10-17-14)16-7-2-1-3-8-16/h4-6,11H,1-3,7-10,15H2. The van der Waals surface area contributed by atoms with Crippen molar-refractivity contribution in [2.24, 2.45) is 0 Å². The van der Waals surface area contributed by atoms with Gasteiger partial charge in [-0.25, -0.2) is 0 Å². The van der Waals surface area contributed by atoms with Gasteiger partial charge in [0, 0.05) is 17.3 Å². The molecule has 1 aromatic carbocycles. The van der Waals surface area contributed by atoms with E-state index in [1.807, 2.05) is 18.2 Å². The monoisotopic (exact) mass is 232 g/mol. The lowest BCUT2D eigenvalue weighted by Crippen LogP contribution is -2.45. The molecule has 2 aliphatic rings. The van der Waals surface area contributed by atoms with Gasteiger partial charge in [-0.05, 0) is 44.5 Å². The summed E-state index contributed by atoms with van der Waals surface area (Å²) in [5.74, 6) is 0.984. The van der Waals surface area contributed by atoms with Crippen LogP contribution in [-0.4, -0.2) is 30.6 Å². The smallest absolute Gasteiger partial charge is 0.124 e. The predicted octanol–water partition coefficient (Wildman–Crippen LogP) is 2.06. The number of hydrogen-bond acceptors (Lipinski definition) is 3. The molecule has 0 bridgehead atoms. The van der Waals surface area contributed by atoms with Crippen LogP contribution in [0.15, 0.2) is 18.2 Å². The van der Waals surface area contributed by atoms with Crippen molar-refractivity contribution in [1.82, 2.24) is 4.90 Å². The summed E-state index contributed by atoms with van der Waals surface area (Å²) in [5, 5.41) is 0. The van der Waals surface area contributed by atoms with Gasteiger partial charge in [-0.1, -0.05) is 12.5 Å². The highest BCUT2D eigenvalue weighted by atomic mass is 16.5. The summed E-state index contributed by atoms with van der Waals surface area (Å²) in [7, 11) is 0. The van der Waals surface area contributed by atoms with Crippen LogP contribution in [-0.2, 0) is 6.42 Å². The molecule has 1 saturated heterocycles. The first kappa shape index (κ1) is 10.9. The largest absolute Gasteiger partial charge is 0.492 e. The molecular weight excluding hydrogens is 212 g/mol. The Balaban J connectivity index is 1.77. The van der Waals surface area contributed by atoms with E-state index in [4.69, 9.17) is 10.5 Å². The first-order chi connectivity index (χ1) is 8.34. The minimum Gasteiger partial charge on any atom is -0.492 e. The topological polar surface area (TPSA) is 38.5 Å². The average Bonchev–Trinajstić information content (AvgIpc) is 2.40. The molecule has 2 N–H and O–H groups in total. The van der Waals surface area contributed by atoms with Crippen molar-refractivity contribution in [1.29, 1.82) is 0 Å². The van der Waals surface area contributed by atoms with Crippen LogP contribution in [0.2, 0.25) is 0 Å². The molecule has 1 aromatic rings. The number of nitrogens with zero attached hydrogens (tertiary/aromatic N) is 1. The average molecular weight is 232 g/mol. The van der Waals surface area contributed by atoms with E-state index >= 15 is 0 Å². The number of rotatable bonds is 1. The number of ether oxygens (including phenoxy) is 1. The Labute approximate surface area is 103 Å². The lowest BCUT2D eigenvalue weighted by atomic mass is 9.98. The highest BCUT2D eigenvalue weighted by Gasteiger charge is 2.27. The maximum absolute atomic E-state index is 6.03. The number of nitrogen functional groups attached to an aromatic ring is 1. The SMILES string of the molecule is Nc1cccc2c1CC(N1CCCCC1)CO2. The number of benzene rings is 1. The lowest BCUT2D eigenvalue weighted by Gasteiger charge is -2.37. The van der Waals surface area contributed by atoms with Crippen LogP contribution in [0.3, 0.4) is 0 Å². The molecule has 0 aliphatic carbocycles. The number of likely N-dealkylation sites (tertiary alicyclic amines) is 1. The molecular formula is C14H20N2O. The fourth-order valence-corrected chi connectivity index (χ4v) is 2.93. The van der Waals surface area contributed by atoms with E-state index < -0.39 is 0 Å². The summed E-state index contributed by atoms with van der Waals surface area (Å²) >= 11 is 0. The van der Waals surface area contributed by atoms with Gasteiger partial charge in [0.2, 0.25) is 0 Å². The van der Waals surface area contributed by atoms with E-state index in [1.165, 1.54) is 37.9 Å². The number of anilines is 1. The molecule has 2 heterocycles. The van der Waals surface area contributed by atoms with Crippen molar-refractivity contribution in [3.63, 3.8) is 0 Å². The maximum Gasteiger partial charge on any atom is 0.124 e. The van der Waals surface area contributed by atoms with Crippen molar-refractivity contribution in [3.05, 3.63) is 23.8 Å². The van der Waals surface area contributed by atoms with Crippen molar-refractivity contribution in [2.45, 2.75) is 31.7 Å². The Hall–Kier alpha value is -1.22. The Bertz CT molecular complexity index is 399. The zero-order chi connectivity index (χ0) is 11.7. The first-order valence-corrected chi connectivity index (χ1v) is 6.59. The number of fused-ring (bicyclic) bond motifs is 1. The van der Waals surface area contributed by atoms with Crippen LogP contribution >= 0.6 is 0 Å². The van der Waals surface area contributed by atoms with Crippen molar-refractivity contribution in [2.75, 3.05) is 25.4 Å². The second-order valence-corrected chi connectivity index (χ2v) is 5.09. The molecule has 1 unspecified atom stereocenters. The van der Waals surface area contributed by atoms with Crippen LogP contribution in [0, 0.1) is 0 Å². The van der Waals surface area contributed by atoms with Gasteiger partial charge in [0.15, 0.2) is 0 Å². The fraction of sp³-hybridized carbons (Fsp3) is 0.571. The predicted molar refractivity (Wildman–Crippen MR) is 69.3 cm³/mol. The summed E-state index contributed by atoms with van der Waals surface area (Å²) in [6.07, 6.45) is 5.08. The van der Waals surface area contributed by atoms with Gasteiger partial charge in [-0.3, -0.25) is 4.90 Å². The summed E-state index contributed by atoms with van der Waals surface area (Å²) in [6.45, 7) is 3.25. The Morgan fingerprint density at radius 2 is 2.00 bits per heavy atom. The van der Waals surface area contributed by atoms with Crippen LogP contribution < -0.4 is 10.5 Å². The summed E-state index contributed by atoms with van der Waals surface area (Å²) in [4.78, 5) is 2.57. The molecule has 1 fully saturated rings. The van der Waals surface area contributed by atoms with Gasteiger partial charge in [0.25, 0.3) is 0 Å². The van der Waals surface area contributed by atoms with Gasteiger partial charge in [-0.15, -0.1) is 0 Å². The Morgan fingerprint density at radius 1 is 1.18 bits per heavy atom. The van der Waals surface area contributed by atoms with Gasteiger partial charge in [-0.2, -0.15) is 0 Å². The fourth-order valence-electron chi connectivity index (χ4n) is 2.93. The normalized spacial score (nSPS) is 25.1. The molecule has 3 heteroatoms. The molecule has 1 atom stereocenters. The van der Waals surface area contributed by atoms with E-state index in [1.54, 1.807) is 0 Å². The zero-order valence-electron chi connectivity index (χ0n) is 10.2. The summed E-state index contributed by atoms with van der Waals surface area (Å²) < 4.78 is 5.85. The first-order valence-electron chi connectivity index (χ1n) is 6.59. The quantitative estimate of drug-likeness (QED) is 0.753. The van der Waals surface area contributed by atoms with Crippen LogP contribution in [0.25, 0.3) is 0 Å². The zero-order valence-corrected chi connectivity index (χ0v) is 10.2. The molecule has 92 valence electrons. The molecule has 3 nitrogen and oxygen atoms in total. The van der Waals surface area contributed by atoms with Crippen molar-refractivity contribution >= 4 is 5.69 Å². The van der Waals surface area contributed by atoms with Gasteiger partial charge in [0.05, 0.1) is 0 Å². The number of hydrogen-bond donors (Lipinski definition) is 1. The van der Waals surface area contributed by atoms with E-state index in [-0.39, 0.29) is 0 Å². The van der Waals surface area contributed by atoms with Gasteiger partial charge < -0.3 is 10.5 Å². The Kier molecular flexibility index (Phi) is 2.93. The van der Waals surface area contributed by atoms with E-state index in [2.05, 4.69) is 4.90 Å². The molecule has 0 saturated carbocycles. The van der Waals surface area contributed by atoms with Crippen molar-refractivity contribution in [3.8, 4) is 5.75 Å². The highest BCUT2D eigenvalue weighted by Crippen LogP contribution is 2.31. The molecule has 17 heavy (non-hydrogen) atoms. The lowest BCUT2D eigenvalue weighted by molar-refractivity contribution is 0.101. The molecule has 0 radical (unpaired) electrons. The number of piperidine rings is 1. The third kappa shape index (κ3) is 2.12. The minimum absolute atomic E-state index is 0.521. The van der Waals surface area contributed by atoms with Crippen LogP contribution in [0.5, 0.6) is 5.75 Å². The molecule has 0 aromatic heterocycles. The summed E-state index contributed by atoms with van der Waals surface area (Å²) in [5.41, 5.74) is 8.12. The number of nitrogens with two attached hydrogens (primary N) is 1. The molecule has 0 spiro atoms.